The van der Waals surface area contributed by atoms with E-state index in [4.69, 9.17) is 14.2 Å². The van der Waals surface area contributed by atoms with Crippen molar-refractivity contribution in [2.45, 2.75) is 38.8 Å². The quantitative estimate of drug-likeness (QED) is 0.369. The second-order valence-electron chi connectivity index (χ2n) is 8.19. The summed E-state index contributed by atoms with van der Waals surface area (Å²) in [4.78, 5) is 2.98. The summed E-state index contributed by atoms with van der Waals surface area (Å²) in [5, 5.41) is 0. The van der Waals surface area contributed by atoms with Crippen molar-refractivity contribution in [1.82, 2.24) is 0 Å². The molecule has 2 aromatic carbocycles. The Morgan fingerprint density at radius 1 is 0.824 bits per heavy atom. The van der Waals surface area contributed by atoms with Crippen molar-refractivity contribution < 1.29 is 50.0 Å². The van der Waals surface area contributed by atoms with Crippen molar-refractivity contribution in [2.75, 3.05) is 19.8 Å². The highest BCUT2D eigenvalue weighted by Gasteiger charge is 2.33. The SMILES string of the molecule is CC1CCC(C2COC(c3cc(F)c(CF)c(F)c3)OC2)OC1.FOc1cc(F)c(F)c(F)c1. The second kappa shape index (κ2) is 11.9. The molecule has 0 saturated carbocycles. The van der Waals surface area contributed by atoms with Crippen LogP contribution in [0.1, 0.15) is 37.2 Å². The van der Waals surface area contributed by atoms with Gasteiger partial charge in [0.15, 0.2) is 29.5 Å². The highest BCUT2D eigenvalue weighted by atomic mass is 19.3. The summed E-state index contributed by atoms with van der Waals surface area (Å²) in [6.07, 6.45) is 1.37. The Morgan fingerprint density at radius 3 is 1.88 bits per heavy atom. The van der Waals surface area contributed by atoms with Gasteiger partial charge in [0.1, 0.15) is 18.3 Å². The fraction of sp³-hybridized carbons (Fsp3) is 0.478. The van der Waals surface area contributed by atoms with Gasteiger partial charge < -0.3 is 14.2 Å². The molecule has 2 aliphatic heterocycles. The Labute approximate surface area is 191 Å². The Hall–Kier alpha value is -2.37. The van der Waals surface area contributed by atoms with E-state index in [1.807, 2.05) is 0 Å². The summed E-state index contributed by atoms with van der Waals surface area (Å²) in [7, 11) is 0. The Kier molecular flexibility index (Phi) is 9.15. The van der Waals surface area contributed by atoms with Crippen LogP contribution in [0, 0.1) is 40.9 Å². The van der Waals surface area contributed by atoms with Crippen LogP contribution in [0.2, 0.25) is 0 Å². The smallest absolute Gasteiger partial charge is 0.194 e. The molecule has 2 aromatic rings. The molecule has 2 aliphatic rings. The number of benzene rings is 2. The lowest BCUT2D eigenvalue weighted by Crippen LogP contribution is -2.39. The molecule has 4 nitrogen and oxygen atoms in total. The number of hydrogen-bond donors (Lipinski definition) is 0. The van der Waals surface area contributed by atoms with E-state index >= 15 is 0 Å². The summed E-state index contributed by atoms with van der Waals surface area (Å²) in [5.41, 5.74) is -0.332. The molecule has 2 unspecified atom stereocenters. The van der Waals surface area contributed by atoms with Gasteiger partial charge >= 0.3 is 0 Å². The van der Waals surface area contributed by atoms with Crippen LogP contribution in [0.3, 0.4) is 0 Å². The molecule has 0 amide bonds. The molecule has 2 heterocycles. The number of halogens is 7. The summed E-state index contributed by atoms with van der Waals surface area (Å²) < 4.78 is 105. The van der Waals surface area contributed by atoms with Gasteiger partial charge in [-0.1, -0.05) is 6.92 Å². The van der Waals surface area contributed by atoms with E-state index in [1.54, 1.807) is 0 Å². The molecule has 2 saturated heterocycles. The minimum absolute atomic E-state index is 0.106. The molecule has 2 fully saturated rings. The minimum Gasteiger partial charge on any atom is -0.377 e. The van der Waals surface area contributed by atoms with Crippen molar-refractivity contribution in [3.8, 4) is 5.75 Å². The van der Waals surface area contributed by atoms with Crippen LogP contribution < -0.4 is 4.94 Å². The second-order valence-corrected chi connectivity index (χ2v) is 8.19. The normalized spacial score (nSPS) is 24.8. The Morgan fingerprint density at radius 2 is 1.41 bits per heavy atom. The average Bonchev–Trinajstić information content (AvgIpc) is 2.83. The first-order chi connectivity index (χ1) is 16.2. The van der Waals surface area contributed by atoms with Gasteiger partial charge in [-0.15, -0.1) is 0 Å². The maximum absolute atomic E-state index is 13.7. The van der Waals surface area contributed by atoms with Crippen molar-refractivity contribution in [3.63, 3.8) is 0 Å². The van der Waals surface area contributed by atoms with Crippen LogP contribution in [-0.4, -0.2) is 25.9 Å². The lowest BCUT2D eigenvalue weighted by molar-refractivity contribution is -0.227. The van der Waals surface area contributed by atoms with E-state index in [-0.39, 0.29) is 17.6 Å². The molecule has 0 aromatic heterocycles. The maximum atomic E-state index is 13.7. The van der Waals surface area contributed by atoms with Crippen molar-refractivity contribution in [2.24, 2.45) is 11.8 Å². The van der Waals surface area contributed by atoms with E-state index in [9.17, 15) is 30.9 Å². The van der Waals surface area contributed by atoms with Gasteiger partial charge in [0, 0.05) is 34.7 Å². The molecule has 11 heteroatoms. The highest BCUT2D eigenvalue weighted by Crippen LogP contribution is 2.32. The molecule has 2 atom stereocenters. The fourth-order valence-corrected chi connectivity index (χ4v) is 3.66. The van der Waals surface area contributed by atoms with Gasteiger partial charge in [0.25, 0.3) is 0 Å². The lowest BCUT2D eigenvalue weighted by Gasteiger charge is -2.37. The van der Waals surface area contributed by atoms with Gasteiger partial charge in [0.05, 0.1) is 24.9 Å². The third-order valence-electron chi connectivity index (χ3n) is 5.60. The fourth-order valence-electron chi connectivity index (χ4n) is 3.66. The molecule has 0 spiro atoms. The van der Waals surface area contributed by atoms with E-state index in [1.165, 1.54) is 0 Å². The highest BCUT2D eigenvalue weighted by molar-refractivity contribution is 5.27. The van der Waals surface area contributed by atoms with Gasteiger partial charge in [-0.25, -0.2) is 26.3 Å². The predicted molar refractivity (Wildman–Crippen MR) is 105 cm³/mol. The van der Waals surface area contributed by atoms with Gasteiger partial charge in [-0.2, -0.15) is 0 Å². The molecule has 0 radical (unpaired) electrons. The summed E-state index contributed by atoms with van der Waals surface area (Å²) in [6.45, 7) is 2.55. The lowest BCUT2D eigenvalue weighted by atomic mass is 9.92. The van der Waals surface area contributed by atoms with E-state index < -0.39 is 53.4 Å². The Bertz CT molecular complexity index is 912. The summed E-state index contributed by atoms with van der Waals surface area (Å²) in [6, 6.07) is 2.94. The van der Waals surface area contributed by atoms with E-state index in [0.29, 0.717) is 31.3 Å². The van der Waals surface area contributed by atoms with Crippen molar-refractivity contribution >= 4 is 0 Å². The van der Waals surface area contributed by atoms with Crippen LogP contribution >= 0.6 is 0 Å². The topological polar surface area (TPSA) is 36.9 Å². The Balaban J connectivity index is 0.000000248. The molecule has 0 aliphatic carbocycles. The van der Waals surface area contributed by atoms with Crippen LogP contribution in [0.25, 0.3) is 0 Å². The largest absolute Gasteiger partial charge is 0.377 e. The van der Waals surface area contributed by atoms with Crippen molar-refractivity contribution in [3.05, 3.63) is 64.5 Å². The maximum Gasteiger partial charge on any atom is 0.194 e. The zero-order chi connectivity index (χ0) is 24.8. The molecule has 34 heavy (non-hydrogen) atoms. The predicted octanol–water partition coefficient (Wildman–Crippen LogP) is 6.28. The van der Waals surface area contributed by atoms with E-state index in [2.05, 4.69) is 11.9 Å². The zero-order valence-corrected chi connectivity index (χ0v) is 18.1. The monoisotopic (exact) mass is 496 g/mol. The third-order valence-corrected chi connectivity index (χ3v) is 5.60. The van der Waals surface area contributed by atoms with Crippen molar-refractivity contribution in [1.29, 1.82) is 0 Å². The number of hydrogen-bond acceptors (Lipinski definition) is 4. The molecule has 4 rings (SSSR count). The molecule has 0 N–H and O–H groups in total. The van der Waals surface area contributed by atoms with Crippen LogP contribution in [-0.2, 0) is 20.9 Å². The van der Waals surface area contributed by atoms with Gasteiger partial charge in [0.2, 0.25) is 0 Å². The molecule has 188 valence electrons. The van der Waals surface area contributed by atoms with Gasteiger partial charge in [-0.05, 0) is 30.9 Å². The standard InChI is InChI=1S/C17H21F3O3.C6H2F4O/c1-10-2-3-16(21-7-10)12-8-22-17(23-9-12)11-4-14(19)13(6-18)15(20)5-11;7-4-1-3(11-10)2-5(8)6(4)9/h4-5,10,12,16-17H,2-3,6-9H2,1H3;1-2H. The number of rotatable bonds is 4. The number of ether oxygens (including phenoxy) is 3. The first-order valence-corrected chi connectivity index (χ1v) is 10.5. The average molecular weight is 496 g/mol. The van der Waals surface area contributed by atoms with Crippen LogP contribution in [0.15, 0.2) is 24.3 Å². The first kappa shape index (κ1) is 26.2. The van der Waals surface area contributed by atoms with Crippen LogP contribution in [0.5, 0.6) is 5.75 Å². The molecular formula is C23H23F7O4. The molecular weight excluding hydrogens is 473 g/mol. The third kappa shape index (κ3) is 6.39. The van der Waals surface area contributed by atoms with Gasteiger partial charge in [-0.3, -0.25) is 4.94 Å². The minimum atomic E-state index is -1.65. The summed E-state index contributed by atoms with van der Waals surface area (Å²) >= 11 is 0. The summed E-state index contributed by atoms with van der Waals surface area (Å²) in [5.74, 6) is -6.46. The van der Waals surface area contributed by atoms with E-state index in [0.717, 1.165) is 31.6 Å². The molecule has 0 bridgehead atoms. The van der Waals surface area contributed by atoms with Crippen LogP contribution in [0.4, 0.5) is 30.9 Å². The first-order valence-electron chi connectivity index (χ1n) is 10.5. The zero-order valence-electron chi connectivity index (χ0n) is 18.1. The number of alkyl halides is 1.